The quantitative estimate of drug-likeness (QED) is 0.147. The highest BCUT2D eigenvalue weighted by Gasteiger charge is 2.27. The largest absolute Gasteiger partial charge is 0.497 e. The third-order valence-corrected chi connectivity index (χ3v) is 7.22. The van der Waals surface area contributed by atoms with E-state index in [4.69, 9.17) is 9.47 Å². The highest BCUT2D eigenvalue weighted by atomic mass is 16.6. The molecule has 0 saturated heterocycles. The Kier molecular flexibility index (Phi) is 9.89. The van der Waals surface area contributed by atoms with Crippen LogP contribution in [0.3, 0.4) is 0 Å². The second-order valence-corrected chi connectivity index (χ2v) is 9.96. The van der Waals surface area contributed by atoms with Gasteiger partial charge in [0.25, 0.3) is 0 Å². The van der Waals surface area contributed by atoms with E-state index in [0.29, 0.717) is 12.1 Å². The van der Waals surface area contributed by atoms with E-state index in [1.54, 1.807) is 19.2 Å². The van der Waals surface area contributed by atoms with Gasteiger partial charge in [-0.25, -0.2) is 0 Å². The molecule has 4 aromatic rings. The van der Waals surface area contributed by atoms with E-state index in [-0.39, 0.29) is 30.1 Å². The maximum atomic E-state index is 11.9. The summed E-state index contributed by atoms with van der Waals surface area (Å²) in [7, 11) is 1.65. The molecule has 0 aliphatic heterocycles. The van der Waals surface area contributed by atoms with Gasteiger partial charge in [-0.2, -0.15) is 0 Å². The Morgan fingerprint density at radius 1 is 0.850 bits per heavy atom. The predicted molar refractivity (Wildman–Crippen MR) is 157 cm³/mol. The molecule has 0 amide bonds. The molecule has 208 valence electrons. The van der Waals surface area contributed by atoms with Crippen molar-refractivity contribution in [1.29, 1.82) is 0 Å². The van der Waals surface area contributed by atoms with Crippen molar-refractivity contribution in [2.45, 2.75) is 45.1 Å². The number of hydrogen-bond acceptors (Lipinski definition) is 6. The topological polar surface area (TPSA) is 85.1 Å². The number of rotatable bonds is 13. The van der Waals surface area contributed by atoms with E-state index in [1.165, 1.54) is 6.07 Å². The van der Waals surface area contributed by atoms with Gasteiger partial charge in [0, 0.05) is 24.7 Å². The first-order valence-electron chi connectivity index (χ1n) is 13.4. The van der Waals surface area contributed by atoms with Gasteiger partial charge in [-0.1, -0.05) is 78.9 Å². The van der Waals surface area contributed by atoms with E-state index in [1.807, 2.05) is 60.7 Å². The molecule has 0 aliphatic rings. The number of benzene rings is 4. The van der Waals surface area contributed by atoms with E-state index >= 15 is 0 Å². The summed E-state index contributed by atoms with van der Waals surface area (Å²) in [5.41, 5.74) is 3.51. The standard InChI is InChI=1S/C33H36N2O5/c1-24(20-26-14-17-30(39-3)18-15-26)34(25(2)28-12-8-5-9-13-28)22-32(36)29-16-19-33(31(21-29)35(37)38)40-23-27-10-6-4-7-11-27/h4-19,21,24-25,32,36H,20,22-23H2,1-3H3/t24?,25?,32-/m0/s1. The first-order chi connectivity index (χ1) is 19.4. The molecule has 0 aliphatic carbocycles. The van der Waals surface area contributed by atoms with Gasteiger partial charge in [-0.3, -0.25) is 15.0 Å². The number of nitro benzene ring substituents is 1. The summed E-state index contributed by atoms with van der Waals surface area (Å²) in [6.07, 6.45) is -0.174. The van der Waals surface area contributed by atoms with Crippen molar-refractivity contribution in [2.24, 2.45) is 0 Å². The molecule has 1 N–H and O–H groups in total. The lowest BCUT2D eigenvalue weighted by Crippen LogP contribution is -2.39. The molecule has 0 radical (unpaired) electrons. The zero-order chi connectivity index (χ0) is 28.5. The Bertz CT molecular complexity index is 1360. The second kappa shape index (κ2) is 13.7. The van der Waals surface area contributed by atoms with Gasteiger partial charge in [0.1, 0.15) is 12.4 Å². The van der Waals surface area contributed by atoms with E-state index < -0.39 is 11.0 Å². The first-order valence-corrected chi connectivity index (χ1v) is 13.4. The molecule has 40 heavy (non-hydrogen) atoms. The number of hydrogen-bond donors (Lipinski definition) is 1. The molecular weight excluding hydrogens is 504 g/mol. The van der Waals surface area contributed by atoms with Crippen molar-refractivity contribution < 1.29 is 19.5 Å². The van der Waals surface area contributed by atoms with E-state index in [9.17, 15) is 15.2 Å². The van der Waals surface area contributed by atoms with Crippen LogP contribution in [0.1, 0.15) is 48.2 Å². The summed E-state index contributed by atoms with van der Waals surface area (Å²) in [4.78, 5) is 13.7. The number of ether oxygens (including phenoxy) is 2. The molecule has 3 atom stereocenters. The monoisotopic (exact) mass is 540 g/mol. The normalized spacial score (nSPS) is 13.4. The molecule has 0 saturated carbocycles. The van der Waals surface area contributed by atoms with Crippen molar-refractivity contribution in [2.75, 3.05) is 13.7 Å². The molecule has 4 aromatic carbocycles. The van der Waals surface area contributed by atoms with Gasteiger partial charge in [-0.15, -0.1) is 0 Å². The second-order valence-electron chi connectivity index (χ2n) is 9.96. The van der Waals surface area contributed by atoms with Crippen LogP contribution in [0.4, 0.5) is 5.69 Å². The van der Waals surface area contributed by atoms with Crippen LogP contribution in [0.15, 0.2) is 103 Å². The molecule has 4 rings (SSSR count). The minimum absolute atomic E-state index is 0.00700. The maximum Gasteiger partial charge on any atom is 0.311 e. The van der Waals surface area contributed by atoms with Crippen LogP contribution < -0.4 is 9.47 Å². The summed E-state index contributed by atoms with van der Waals surface area (Å²) in [6, 6.07) is 32.4. The number of nitrogens with zero attached hydrogens (tertiary/aromatic N) is 2. The van der Waals surface area contributed by atoms with Gasteiger partial charge < -0.3 is 14.6 Å². The average Bonchev–Trinajstić information content (AvgIpc) is 2.99. The smallest absolute Gasteiger partial charge is 0.311 e. The van der Waals surface area contributed by atoms with Crippen LogP contribution in [0.2, 0.25) is 0 Å². The summed E-state index contributed by atoms with van der Waals surface area (Å²) in [5.74, 6) is 0.978. The number of nitro groups is 1. The van der Waals surface area contributed by atoms with Crippen LogP contribution in [0.25, 0.3) is 0 Å². The van der Waals surface area contributed by atoms with Gasteiger partial charge >= 0.3 is 5.69 Å². The molecule has 0 spiro atoms. The van der Waals surface area contributed by atoms with Crippen molar-refractivity contribution in [3.63, 3.8) is 0 Å². The number of aliphatic hydroxyl groups excluding tert-OH is 1. The summed E-state index contributed by atoms with van der Waals surface area (Å²) in [5, 5.41) is 23.3. The Hall–Kier alpha value is -4.20. The van der Waals surface area contributed by atoms with Gasteiger partial charge in [-0.05, 0) is 60.7 Å². The van der Waals surface area contributed by atoms with Gasteiger partial charge in [0.2, 0.25) is 0 Å². The van der Waals surface area contributed by atoms with Crippen molar-refractivity contribution >= 4 is 5.69 Å². The minimum Gasteiger partial charge on any atom is -0.497 e. The van der Waals surface area contributed by atoms with Crippen LogP contribution in [-0.2, 0) is 13.0 Å². The van der Waals surface area contributed by atoms with Crippen molar-refractivity contribution in [3.05, 3.63) is 135 Å². The van der Waals surface area contributed by atoms with Crippen LogP contribution >= 0.6 is 0 Å². The molecule has 0 aromatic heterocycles. The molecule has 7 heteroatoms. The van der Waals surface area contributed by atoms with Gasteiger partial charge in [0.15, 0.2) is 5.75 Å². The molecular formula is C33H36N2O5. The van der Waals surface area contributed by atoms with Crippen molar-refractivity contribution in [1.82, 2.24) is 4.90 Å². The van der Waals surface area contributed by atoms with Crippen LogP contribution in [0.5, 0.6) is 11.5 Å². The Morgan fingerprint density at radius 3 is 2.12 bits per heavy atom. The SMILES string of the molecule is COc1ccc(CC(C)N(C[C@H](O)c2ccc(OCc3ccccc3)c([N+](=O)[O-])c2)C(C)c2ccccc2)cc1. The lowest BCUT2D eigenvalue weighted by molar-refractivity contribution is -0.386. The Labute approximate surface area is 235 Å². The van der Waals surface area contributed by atoms with E-state index in [2.05, 4.69) is 43.0 Å². The molecule has 0 bridgehead atoms. The fourth-order valence-corrected chi connectivity index (χ4v) is 4.91. The summed E-state index contributed by atoms with van der Waals surface area (Å²) in [6.45, 7) is 4.78. The predicted octanol–water partition coefficient (Wildman–Crippen LogP) is 6.91. The van der Waals surface area contributed by atoms with Gasteiger partial charge in [0.05, 0.1) is 18.1 Å². The van der Waals surface area contributed by atoms with E-state index in [0.717, 1.165) is 28.9 Å². The van der Waals surface area contributed by atoms with Crippen LogP contribution in [-0.4, -0.2) is 34.6 Å². The molecule has 2 unspecified atom stereocenters. The summed E-state index contributed by atoms with van der Waals surface area (Å²) >= 11 is 0. The lowest BCUT2D eigenvalue weighted by atomic mass is 9.99. The Balaban J connectivity index is 1.55. The molecule has 7 nitrogen and oxygen atoms in total. The summed E-state index contributed by atoms with van der Waals surface area (Å²) < 4.78 is 11.1. The minimum atomic E-state index is -0.939. The highest BCUT2D eigenvalue weighted by Crippen LogP contribution is 2.33. The zero-order valence-corrected chi connectivity index (χ0v) is 23.1. The van der Waals surface area contributed by atoms with Crippen LogP contribution in [0, 0.1) is 10.1 Å². The van der Waals surface area contributed by atoms with Crippen molar-refractivity contribution in [3.8, 4) is 11.5 Å². The third-order valence-electron chi connectivity index (χ3n) is 7.22. The molecule has 0 heterocycles. The molecule has 0 fully saturated rings. The highest BCUT2D eigenvalue weighted by molar-refractivity contribution is 5.49. The number of aliphatic hydroxyl groups is 1. The number of methoxy groups -OCH3 is 1. The first kappa shape index (κ1) is 28.8. The third kappa shape index (κ3) is 7.46. The maximum absolute atomic E-state index is 11.9. The fourth-order valence-electron chi connectivity index (χ4n) is 4.91. The Morgan fingerprint density at radius 2 is 1.50 bits per heavy atom. The average molecular weight is 541 g/mol. The fraction of sp³-hybridized carbons (Fsp3) is 0.273. The lowest BCUT2D eigenvalue weighted by Gasteiger charge is -2.36. The zero-order valence-electron chi connectivity index (χ0n) is 23.1.